The van der Waals surface area contributed by atoms with Gasteiger partial charge < -0.3 is 4.74 Å². The van der Waals surface area contributed by atoms with Crippen LogP contribution in [0.15, 0.2) is 22.0 Å². The van der Waals surface area contributed by atoms with Gasteiger partial charge in [0.05, 0.1) is 17.1 Å². The van der Waals surface area contributed by atoms with Gasteiger partial charge in [0.25, 0.3) is 0 Å². The fraction of sp³-hybridized carbons (Fsp3) is 0.333. The molecule has 0 radical (unpaired) electrons. The molecule has 108 valence electrons. The van der Waals surface area contributed by atoms with Crippen LogP contribution in [0.5, 0.6) is 5.75 Å². The molecule has 0 N–H and O–H groups in total. The van der Waals surface area contributed by atoms with Crippen molar-refractivity contribution in [3.05, 3.63) is 27.6 Å². The van der Waals surface area contributed by atoms with Crippen molar-refractivity contribution >= 4 is 27.3 Å². The maximum Gasteiger partial charge on any atom is 0.419 e. The number of nitrogens with zero attached hydrogens (tertiary/aromatic N) is 2. The minimum Gasteiger partial charge on any atom is -0.490 e. The molecule has 0 atom stereocenters. The van der Waals surface area contributed by atoms with Crippen LogP contribution in [0.2, 0.25) is 0 Å². The standard InChI is InChI=1S/C12H10BrF3N2OS/c1-6(2)19-9-4-3-7(5-8(9)12(14,15)16)10-17-18-11(13)20-10/h3-6H,1-2H3/i3D,4D,5D,6D. The Balaban J connectivity index is 2.85. The molecule has 20 heavy (non-hydrogen) atoms. The van der Waals surface area contributed by atoms with Gasteiger partial charge in [-0.3, -0.25) is 0 Å². The molecule has 0 saturated carbocycles. The summed E-state index contributed by atoms with van der Waals surface area (Å²) < 4.78 is 76.8. The van der Waals surface area contributed by atoms with Crippen molar-refractivity contribution in [3.8, 4) is 16.3 Å². The summed E-state index contributed by atoms with van der Waals surface area (Å²) in [6.07, 6.45) is -6.78. The largest absolute Gasteiger partial charge is 0.490 e. The monoisotopic (exact) mass is 370 g/mol. The fourth-order valence-corrected chi connectivity index (χ4v) is 2.35. The van der Waals surface area contributed by atoms with Gasteiger partial charge in [-0.05, 0) is 47.9 Å². The Morgan fingerprint density at radius 2 is 2.10 bits per heavy atom. The Hall–Kier alpha value is -1.15. The molecule has 3 nitrogen and oxygen atoms in total. The first-order chi connectivity index (χ1) is 10.8. The number of hydrogen-bond acceptors (Lipinski definition) is 4. The van der Waals surface area contributed by atoms with Crippen molar-refractivity contribution < 1.29 is 23.4 Å². The third-order valence-corrected chi connectivity index (χ3v) is 3.36. The molecule has 2 rings (SSSR count). The van der Waals surface area contributed by atoms with E-state index in [1.165, 1.54) is 13.8 Å². The van der Waals surface area contributed by atoms with E-state index >= 15 is 0 Å². The van der Waals surface area contributed by atoms with Gasteiger partial charge >= 0.3 is 6.18 Å². The van der Waals surface area contributed by atoms with Gasteiger partial charge in [-0.15, -0.1) is 10.2 Å². The van der Waals surface area contributed by atoms with Crippen LogP contribution in [0.3, 0.4) is 0 Å². The normalized spacial score (nSPS) is 15.3. The molecular weight excluding hydrogens is 357 g/mol. The van der Waals surface area contributed by atoms with Gasteiger partial charge in [0, 0.05) is 5.56 Å². The number of aromatic nitrogens is 2. The molecule has 1 heterocycles. The van der Waals surface area contributed by atoms with Crippen molar-refractivity contribution in [2.45, 2.75) is 26.1 Å². The van der Waals surface area contributed by atoms with E-state index in [1.807, 2.05) is 0 Å². The van der Waals surface area contributed by atoms with Gasteiger partial charge in [0.1, 0.15) is 10.8 Å². The number of rotatable bonds is 3. The van der Waals surface area contributed by atoms with E-state index in [1.54, 1.807) is 0 Å². The first-order valence-corrected chi connectivity index (χ1v) is 6.83. The maximum atomic E-state index is 13.4. The highest BCUT2D eigenvalue weighted by atomic mass is 79.9. The summed E-state index contributed by atoms with van der Waals surface area (Å²) in [6, 6.07) is -2.54. The van der Waals surface area contributed by atoms with Gasteiger partial charge in [-0.25, -0.2) is 0 Å². The van der Waals surface area contributed by atoms with E-state index in [9.17, 15) is 13.2 Å². The topological polar surface area (TPSA) is 35.0 Å². The van der Waals surface area contributed by atoms with Crippen molar-refractivity contribution in [3.63, 3.8) is 0 Å². The van der Waals surface area contributed by atoms with Crippen LogP contribution >= 0.6 is 27.3 Å². The molecule has 0 amide bonds. The third kappa shape index (κ3) is 3.49. The summed E-state index contributed by atoms with van der Waals surface area (Å²) >= 11 is 3.86. The lowest BCUT2D eigenvalue weighted by atomic mass is 10.1. The lowest BCUT2D eigenvalue weighted by Gasteiger charge is -2.16. The Bertz CT molecular complexity index is 792. The minimum absolute atomic E-state index is 0.0902. The minimum atomic E-state index is -5.00. The molecular formula is C12H10BrF3N2OS. The molecule has 0 aliphatic heterocycles. The molecule has 1 aromatic carbocycles. The van der Waals surface area contributed by atoms with Crippen LogP contribution in [0.4, 0.5) is 13.2 Å². The van der Waals surface area contributed by atoms with Crippen molar-refractivity contribution in [1.82, 2.24) is 10.2 Å². The molecule has 0 unspecified atom stereocenters. The lowest BCUT2D eigenvalue weighted by Crippen LogP contribution is -2.13. The SMILES string of the molecule is [2H]c1c([2H])c(-c2nnc(Br)s2)c([2H])c(C(F)(F)F)c1OC([2H])(C)C. The average Bonchev–Trinajstić information content (AvgIpc) is 2.79. The molecule has 0 fully saturated rings. The summed E-state index contributed by atoms with van der Waals surface area (Å²) in [6.45, 7) is 2.38. The third-order valence-electron chi connectivity index (χ3n) is 1.98. The van der Waals surface area contributed by atoms with Crippen molar-refractivity contribution in [1.29, 1.82) is 0 Å². The van der Waals surface area contributed by atoms with Gasteiger partial charge in [0.15, 0.2) is 3.92 Å². The molecule has 8 heteroatoms. The number of halogens is 4. The Labute approximate surface area is 131 Å². The highest BCUT2D eigenvalue weighted by Crippen LogP contribution is 2.39. The highest BCUT2D eigenvalue weighted by Gasteiger charge is 2.35. The summed E-state index contributed by atoms with van der Waals surface area (Å²) in [5.74, 6) is -1.01. The Morgan fingerprint density at radius 1 is 1.40 bits per heavy atom. The zero-order chi connectivity index (χ0) is 18.4. The van der Waals surface area contributed by atoms with E-state index in [0.717, 1.165) is 11.3 Å². The van der Waals surface area contributed by atoms with E-state index in [2.05, 4.69) is 26.1 Å². The van der Waals surface area contributed by atoms with Crippen LogP contribution in [-0.4, -0.2) is 16.3 Å². The summed E-state index contributed by atoms with van der Waals surface area (Å²) in [4.78, 5) is 0. The van der Waals surface area contributed by atoms with Crippen LogP contribution in [0.1, 0.15) is 24.9 Å². The zero-order valence-corrected chi connectivity index (χ0v) is 12.6. The molecule has 0 bridgehead atoms. The first kappa shape index (κ1) is 10.6. The van der Waals surface area contributed by atoms with Crippen molar-refractivity contribution in [2.24, 2.45) is 0 Å². The van der Waals surface area contributed by atoms with Crippen LogP contribution in [0, 0.1) is 0 Å². The number of benzene rings is 1. The molecule has 2 aromatic rings. The van der Waals surface area contributed by atoms with Crippen LogP contribution in [0.25, 0.3) is 10.6 Å². The number of alkyl halides is 3. The molecule has 0 aliphatic rings. The molecule has 0 aliphatic carbocycles. The van der Waals surface area contributed by atoms with Crippen molar-refractivity contribution in [2.75, 3.05) is 0 Å². The van der Waals surface area contributed by atoms with E-state index < -0.39 is 47.3 Å². The number of ether oxygens (including phenoxy) is 1. The molecule has 1 aromatic heterocycles. The average molecular weight is 371 g/mol. The lowest BCUT2D eigenvalue weighted by molar-refractivity contribution is -0.139. The summed E-state index contributed by atoms with van der Waals surface area (Å²) in [7, 11) is 0. The van der Waals surface area contributed by atoms with E-state index in [4.69, 9.17) is 10.2 Å². The van der Waals surface area contributed by atoms with E-state index in [0.29, 0.717) is 0 Å². The predicted molar refractivity (Wildman–Crippen MR) is 73.8 cm³/mol. The first-order valence-electron chi connectivity index (χ1n) is 7.22. The summed E-state index contributed by atoms with van der Waals surface area (Å²) in [5, 5.41) is 7.13. The second kappa shape index (κ2) is 5.69. The van der Waals surface area contributed by atoms with Gasteiger partial charge in [0.2, 0.25) is 0 Å². The van der Waals surface area contributed by atoms with Crippen LogP contribution < -0.4 is 4.74 Å². The molecule has 0 saturated heterocycles. The number of hydrogen-bond donors (Lipinski definition) is 0. The fourth-order valence-electron chi connectivity index (χ4n) is 1.29. The second-order valence-electron chi connectivity index (χ2n) is 3.82. The van der Waals surface area contributed by atoms with Gasteiger partial charge in [-0.2, -0.15) is 13.2 Å². The quantitative estimate of drug-likeness (QED) is 0.780. The van der Waals surface area contributed by atoms with Gasteiger partial charge in [-0.1, -0.05) is 11.3 Å². The second-order valence-corrected chi connectivity index (χ2v) is 6.08. The molecule has 0 spiro atoms. The Kier molecular flexibility index (Phi) is 3.00. The predicted octanol–water partition coefficient (Wildman–Crippen LogP) is 4.77. The Morgan fingerprint density at radius 3 is 2.60 bits per heavy atom. The highest BCUT2D eigenvalue weighted by molar-refractivity contribution is 9.11. The zero-order valence-electron chi connectivity index (χ0n) is 14.2. The van der Waals surface area contributed by atoms with Crippen LogP contribution in [-0.2, 0) is 6.18 Å². The summed E-state index contributed by atoms with van der Waals surface area (Å²) in [5.41, 5.74) is -1.96. The maximum absolute atomic E-state index is 13.4. The smallest absolute Gasteiger partial charge is 0.419 e. The van der Waals surface area contributed by atoms with E-state index in [-0.39, 0.29) is 8.92 Å².